The van der Waals surface area contributed by atoms with E-state index in [0.29, 0.717) is 6.42 Å². The van der Waals surface area contributed by atoms with Crippen LogP contribution in [0, 0.1) is 0 Å². The molecule has 20 heavy (non-hydrogen) atoms. The highest BCUT2D eigenvalue weighted by Gasteiger charge is 1.95. The van der Waals surface area contributed by atoms with E-state index in [0.717, 1.165) is 25.7 Å². The molecule has 0 spiro atoms. The number of hydrogen-bond donors (Lipinski definition) is 1. The predicted octanol–water partition coefficient (Wildman–Crippen LogP) is 5.88. The highest BCUT2D eigenvalue weighted by atomic mass is 16.4. The molecule has 0 saturated carbocycles. The smallest absolute Gasteiger partial charge is 0.303 e. The average Bonchev–Trinajstić information content (AvgIpc) is 2.43. The van der Waals surface area contributed by atoms with Gasteiger partial charge in [-0.25, -0.2) is 0 Å². The van der Waals surface area contributed by atoms with E-state index in [2.05, 4.69) is 31.2 Å². The van der Waals surface area contributed by atoms with Crippen LogP contribution in [0.5, 0.6) is 0 Å². The zero-order valence-electron chi connectivity index (χ0n) is 13.2. The molecule has 0 aliphatic heterocycles. The van der Waals surface area contributed by atoms with Crippen molar-refractivity contribution in [2.75, 3.05) is 0 Å². The van der Waals surface area contributed by atoms with E-state index < -0.39 is 5.97 Å². The van der Waals surface area contributed by atoms with E-state index in [9.17, 15) is 4.79 Å². The van der Waals surface area contributed by atoms with Crippen LogP contribution in [0.15, 0.2) is 24.3 Å². The fraction of sp³-hybridized carbons (Fsp3) is 0.722. The van der Waals surface area contributed by atoms with Crippen LogP contribution in [0.1, 0.15) is 84.0 Å². The molecule has 0 atom stereocenters. The summed E-state index contributed by atoms with van der Waals surface area (Å²) < 4.78 is 0. The molecular formula is C18H32O2. The lowest BCUT2D eigenvalue weighted by Gasteiger charge is -1.98. The average molecular weight is 281 g/mol. The van der Waals surface area contributed by atoms with Gasteiger partial charge in [0.05, 0.1) is 0 Å². The van der Waals surface area contributed by atoms with Gasteiger partial charge in [-0.3, -0.25) is 4.79 Å². The molecule has 2 nitrogen and oxygen atoms in total. The number of carboxylic acids is 1. The molecular weight excluding hydrogens is 249 g/mol. The van der Waals surface area contributed by atoms with Crippen molar-refractivity contribution in [3.05, 3.63) is 24.3 Å². The number of carboxylic acid groups (broad SMARTS) is 1. The van der Waals surface area contributed by atoms with Gasteiger partial charge in [0.15, 0.2) is 0 Å². The highest BCUT2D eigenvalue weighted by molar-refractivity contribution is 5.66. The van der Waals surface area contributed by atoms with E-state index >= 15 is 0 Å². The molecule has 0 aromatic heterocycles. The molecule has 0 radical (unpaired) electrons. The van der Waals surface area contributed by atoms with E-state index in [4.69, 9.17) is 5.11 Å². The minimum Gasteiger partial charge on any atom is -0.481 e. The normalized spacial score (nSPS) is 11.7. The molecule has 0 heterocycles. The summed E-state index contributed by atoms with van der Waals surface area (Å²) in [5, 5.41) is 8.50. The Labute approximate surface area is 125 Å². The van der Waals surface area contributed by atoms with Crippen LogP contribution >= 0.6 is 0 Å². The summed E-state index contributed by atoms with van der Waals surface area (Å²) in [6.45, 7) is 2.23. The number of unbranched alkanes of at least 4 members (excludes halogenated alkanes) is 8. The Morgan fingerprint density at radius 1 is 0.800 bits per heavy atom. The molecule has 0 aliphatic carbocycles. The lowest BCUT2D eigenvalue weighted by molar-refractivity contribution is -0.137. The summed E-state index contributed by atoms with van der Waals surface area (Å²) in [6.07, 6.45) is 22.3. The van der Waals surface area contributed by atoms with Gasteiger partial charge in [-0.05, 0) is 38.5 Å². The second-order valence-corrected chi connectivity index (χ2v) is 5.37. The summed E-state index contributed by atoms with van der Waals surface area (Å²) in [7, 11) is 0. The van der Waals surface area contributed by atoms with Crippen LogP contribution in [0.2, 0.25) is 0 Å². The van der Waals surface area contributed by atoms with Crippen molar-refractivity contribution in [3.63, 3.8) is 0 Å². The van der Waals surface area contributed by atoms with Gasteiger partial charge in [0.1, 0.15) is 0 Å². The molecule has 0 amide bonds. The molecule has 0 aliphatic rings. The van der Waals surface area contributed by atoms with E-state index in [1.165, 1.54) is 44.9 Å². The minimum atomic E-state index is -0.671. The van der Waals surface area contributed by atoms with Crippen molar-refractivity contribution < 1.29 is 9.90 Å². The molecule has 0 aromatic carbocycles. The topological polar surface area (TPSA) is 37.3 Å². The summed E-state index contributed by atoms with van der Waals surface area (Å²) in [4.78, 5) is 10.3. The summed E-state index contributed by atoms with van der Waals surface area (Å²) in [5.74, 6) is -0.671. The molecule has 0 aromatic rings. The second-order valence-electron chi connectivity index (χ2n) is 5.37. The van der Waals surface area contributed by atoms with Crippen molar-refractivity contribution in [2.24, 2.45) is 0 Å². The van der Waals surface area contributed by atoms with Gasteiger partial charge in [0.25, 0.3) is 0 Å². The van der Waals surface area contributed by atoms with Gasteiger partial charge in [-0.2, -0.15) is 0 Å². The van der Waals surface area contributed by atoms with Crippen LogP contribution in [0.4, 0.5) is 0 Å². The van der Waals surface area contributed by atoms with Gasteiger partial charge in [-0.1, -0.05) is 63.3 Å². The Morgan fingerprint density at radius 3 is 1.95 bits per heavy atom. The Balaban J connectivity index is 3.17. The van der Waals surface area contributed by atoms with E-state index in [1.54, 1.807) is 0 Å². The maximum Gasteiger partial charge on any atom is 0.303 e. The first-order chi connectivity index (χ1) is 9.77. The lowest BCUT2D eigenvalue weighted by Crippen LogP contribution is -1.93. The second kappa shape index (κ2) is 16.0. The SMILES string of the molecule is CCCCC/C=C\[13CH2]/C=C\CCCCCCCC(=O)O. The number of aliphatic carboxylic acids is 1. The zero-order valence-corrected chi connectivity index (χ0v) is 13.2. The zero-order chi connectivity index (χ0) is 14.9. The fourth-order valence-electron chi connectivity index (χ4n) is 2.09. The third kappa shape index (κ3) is 16.9. The fourth-order valence-corrected chi connectivity index (χ4v) is 2.09. The third-order valence-corrected chi connectivity index (χ3v) is 3.34. The van der Waals surface area contributed by atoms with Gasteiger partial charge in [0.2, 0.25) is 0 Å². The quantitative estimate of drug-likeness (QED) is 0.245. The number of carbonyl (C=O) groups is 1. The number of hydrogen-bond acceptors (Lipinski definition) is 1. The lowest BCUT2D eigenvalue weighted by atomic mass is 10.1. The molecule has 0 unspecified atom stereocenters. The van der Waals surface area contributed by atoms with Crippen LogP contribution in [-0.2, 0) is 4.79 Å². The number of rotatable bonds is 14. The van der Waals surface area contributed by atoms with Gasteiger partial charge in [0, 0.05) is 6.42 Å². The summed E-state index contributed by atoms with van der Waals surface area (Å²) >= 11 is 0. The van der Waals surface area contributed by atoms with Crippen molar-refractivity contribution in [2.45, 2.75) is 84.0 Å². The molecule has 0 saturated heterocycles. The van der Waals surface area contributed by atoms with Gasteiger partial charge >= 0.3 is 5.97 Å². The summed E-state index contributed by atoms with van der Waals surface area (Å²) in [5.41, 5.74) is 0. The van der Waals surface area contributed by atoms with Crippen molar-refractivity contribution in [1.29, 1.82) is 0 Å². The molecule has 0 bridgehead atoms. The Bertz CT molecular complexity index is 267. The largest absolute Gasteiger partial charge is 0.481 e. The number of allylic oxidation sites excluding steroid dienone is 4. The predicted molar refractivity (Wildman–Crippen MR) is 87.0 cm³/mol. The van der Waals surface area contributed by atoms with Crippen molar-refractivity contribution >= 4 is 5.97 Å². The van der Waals surface area contributed by atoms with E-state index in [1.807, 2.05) is 0 Å². The Hall–Kier alpha value is -1.05. The maximum atomic E-state index is 10.3. The first kappa shape index (κ1) is 18.9. The van der Waals surface area contributed by atoms with E-state index in [-0.39, 0.29) is 0 Å². The van der Waals surface area contributed by atoms with Gasteiger partial charge < -0.3 is 5.11 Å². The molecule has 2 heteroatoms. The van der Waals surface area contributed by atoms with Crippen molar-refractivity contribution in [3.8, 4) is 0 Å². The van der Waals surface area contributed by atoms with Crippen LogP contribution in [0.25, 0.3) is 0 Å². The molecule has 0 rings (SSSR count). The van der Waals surface area contributed by atoms with Crippen molar-refractivity contribution in [1.82, 2.24) is 0 Å². The monoisotopic (exact) mass is 281 g/mol. The van der Waals surface area contributed by atoms with Crippen LogP contribution in [0.3, 0.4) is 0 Å². The molecule has 116 valence electrons. The Kier molecular flexibility index (Phi) is 15.2. The maximum absolute atomic E-state index is 10.3. The molecule has 0 fully saturated rings. The molecule has 1 N–H and O–H groups in total. The van der Waals surface area contributed by atoms with Crippen LogP contribution < -0.4 is 0 Å². The third-order valence-electron chi connectivity index (χ3n) is 3.34. The first-order valence-corrected chi connectivity index (χ1v) is 8.29. The van der Waals surface area contributed by atoms with Crippen LogP contribution in [-0.4, -0.2) is 11.1 Å². The minimum absolute atomic E-state index is 0.324. The highest BCUT2D eigenvalue weighted by Crippen LogP contribution is 2.08. The standard InChI is InChI=1S/C18H32O2/c1-2-3-4-5-6-7-8-9-10-11-12-13-14-15-16-17-18(19)20/h6-7,9-10H,2-5,8,11-17H2,1H3,(H,19,20)/b7-6-,10-9-/i8+1. The van der Waals surface area contributed by atoms with Gasteiger partial charge in [-0.15, -0.1) is 0 Å². The Morgan fingerprint density at radius 2 is 1.35 bits per heavy atom. The summed E-state index contributed by atoms with van der Waals surface area (Å²) in [6, 6.07) is 0. The first-order valence-electron chi connectivity index (χ1n) is 8.29.